The zero-order chi connectivity index (χ0) is 16.5. The van der Waals surface area contributed by atoms with Crippen LogP contribution >= 0.6 is 24.0 Å². The molecule has 0 spiro atoms. The Morgan fingerprint density at radius 3 is 2.67 bits per heavy atom. The summed E-state index contributed by atoms with van der Waals surface area (Å²) < 4.78 is 2.19. The van der Waals surface area contributed by atoms with Crippen LogP contribution in [0.2, 0.25) is 0 Å². The van der Waals surface area contributed by atoms with Crippen molar-refractivity contribution in [2.75, 3.05) is 13.1 Å². The number of rotatable bonds is 7. The Labute approximate surface area is 162 Å². The molecule has 0 amide bonds. The topological polar surface area (TPSA) is 54.2 Å². The molecule has 0 saturated heterocycles. The molecule has 0 radical (unpaired) electrons. The maximum Gasteiger partial charge on any atom is 0.191 e. The number of benzene rings is 1. The van der Waals surface area contributed by atoms with Gasteiger partial charge in [-0.15, -0.1) is 24.0 Å². The Kier molecular flexibility index (Phi) is 9.44. The van der Waals surface area contributed by atoms with E-state index in [-0.39, 0.29) is 24.0 Å². The predicted octanol–water partition coefficient (Wildman–Crippen LogP) is 3.06. The Morgan fingerprint density at radius 1 is 1.25 bits per heavy atom. The van der Waals surface area contributed by atoms with Crippen molar-refractivity contribution in [2.45, 2.75) is 39.8 Å². The molecule has 24 heavy (non-hydrogen) atoms. The standard InChI is InChI=1S/C18H27N5.HI/c1-4-19-18(22-15(2)3)21-11-10-17-20-12-13-23(17)14-16-8-6-5-7-9-16;/h5-9,12-13,15H,4,10-11,14H2,1-3H3,(H2,19,21,22);1H. The van der Waals surface area contributed by atoms with Crippen LogP contribution in [0.3, 0.4) is 0 Å². The van der Waals surface area contributed by atoms with E-state index in [1.165, 1.54) is 5.56 Å². The molecule has 1 heterocycles. The van der Waals surface area contributed by atoms with Crippen molar-refractivity contribution >= 4 is 29.9 Å². The van der Waals surface area contributed by atoms with E-state index in [1.807, 2.05) is 18.5 Å². The quantitative estimate of drug-likeness (QED) is 0.395. The number of hydrogen-bond donors (Lipinski definition) is 2. The summed E-state index contributed by atoms with van der Waals surface area (Å²) in [5.74, 6) is 1.93. The van der Waals surface area contributed by atoms with Crippen molar-refractivity contribution in [1.29, 1.82) is 0 Å². The van der Waals surface area contributed by atoms with Gasteiger partial charge in [-0.1, -0.05) is 30.3 Å². The van der Waals surface area contributed by atoms with Crippen molar-refractivity contribution in [3.8, 4) is 0 Å². The summed E-state index contributed by atoms with van der Waals surface area (Å²) in [4.78, 5) is 9.09. The molecule has 0 aliphatic rings. The number of aliphatic imine (C=N–C) groups is 1. The highest BCUT2D eigenvalue weighted by atomic mass is 127. The van der Waals surface area contributed by atoms with Crippen molar-refractivity contribution in [1.82, 2.24) is 20.2 Å². The van der Waals surface area contributed by atoms with E-state index in [2.05, 4.69) is 70.2 Å². The fraction of sp³-hybridized carbons (Fsp3) is 0.444. The molecule has 0 bridgehead atoms. The summed E-state index contributed by atoms with van der Waals surface area (Å²) in [6, 6.07) is 10.8. The maximum absolute atomic E-state index is 4.62. The molecule has 5 nitrogen and oxygen atoms in total. The Balaban J connectivity index is 0.00000288. The average Bonchev–Trinajstić information content (AvgIpc) is 2.95. The number of halogens is 1. The largest absolute Gasteiger partial charge is 0.357 e. The number of nitrogens with one attached hydrogen (secondary N) is 2. The maximum atomic E-state index is 4.62. The van der Waals surface area contributed by atoms with Gasteiger partial charge in [-0.05, 0) is 26.3 Å². The van der Waals surface area contributed by atoms with Gasteiger partial charge in [-0.2, -0.15) is 0 Å². The van der Waals surface area contributed by atoms with Crippen LogP contribution in [0.1, 0.15) is 32.2 Å². The van der Waals surface area contributed by atoms with Gasteiger partial charge in [-0.3, -0.25) is 4.99 Å². The molecule has 132 valence electrons. The third-order valence-electron chi connectivity index (χ3n) is 3.37. The third kappa shape index (κ3) is 6.90. The first-order valence-electron chi connectivity index (χ1n) is 8.27. The number of aromatic nitrogens is 2. The third-order valence-corrected chi connectivity index (χ3v) is 3.37. The van der Waals surface area contributed by atoms with Gasteiger partial charge in [0.15, 0.2) is 5.96 Å². The summed E-state index contributed by atoms with van der Waals surface area (Å²) in [6.45, 7) is 8.72. The number of nitrogens with zero attached hydrogens (tertiary/aromatic N) is 3. The summed E-state index contributed by atoms with van der Waals surface area (Å²) >= 11 is 0. The van der Waals surface area contributed by atoms with Gasteiger partial charge >= 0.3 is 0 Å². The molecule has 1 aromatic heterocycles. The Morgan fingerprint density at radius 2 is 2.00 bits per heavy atom. The van der Waals surface area contributed by atoms with Crippen molar-refractivity contribution < 1.29 is 0 Å². The van der Waals surface area contributed by atoms with Crippen LogP contribution in [0, 0.1) is 0 Å². The normalized spacial score (nSPS) is 11.2. The summed E-state index contributed by atoms with van der Waals surface area (Å²) in [6.07, 6.45) is 4.72. The predicted molar refractivity (Wildman–Crippen MR) is 111 cm³/mol. The molecule has 1 aromatic carbocycles. The SMILES string of the molecule is CCNC(=NCCc1nccn1Cc1ccccc1)NC(C)C.I. The van der Waals surface area contributed by atoms with E-state index in [9.17, 15) is 0 Å². The monoisotopic (exact) mass is 441 g/mol. The van der Waals surface area contributed by atoms with Gasteiger partial charge in [0, 0.05) is 44.5 Å². The smallest absolute Gasteiger partial charge is 0.191 e. The van der Waals surface area contributed by atoms with E-state index in [1.54, 1.807) is 0 Å². The molecule has 2 N–H and O–H groups in total. The second-order valence-corrected chi connectivity index (χ2v) is 5.77. The van der Waals surface area contributed by atoms with Crippen LogP contribution in [0.4, 0.5) is 0 Å². The first-order valence-corrected chi connectivity index (χ1v) is 8.27. The van der Waals surface area contributed by atoms with E-state index in [0.29, 0.717) is 12.6 Å². The molecule has 0 aliphatic heterocycles. The second-order valence-electron chi connectivity index (χ2n) is 5.77. The molecule has 2 rings (SSSR count). The highest BCUT2D eigenvalue weighted by Gasteiger charge is 2.04. The van der Waals surface area contributed by atoms with Crippen molar-refractivity contribution in [3.05, 3.63) is 54.1 Å². The lowest BCUT2D eigenvalue weighted by atomic mass is 10.2. The zero-order valence-corrected chi connectivity index (χ0v) is 17.0. The first kappa shape index (κ1) is 20.5. The fourth-order valence-electron chi connectivity index (χ4n) is 2.35. The molecule has 2 aromatic rings. The van der Waals surface area contributed by atoms with Crippen molar-refractivity contribution in [2.24, 2.45) is 4.99 Å². The van der Waals surface area contributed by atoms with Crippen LogP contribution in [-0.4, -0.2) is 34.6 Å². The minimum atomic E-state index is 0. The molecule has 0 atom stereocenters. The van der Waals surface area contributed by atoms with E-state index in [0.717, 1.165) is 31.3 Å². The average molecular weight is 441 g/mol. The van der Waals surface area contributed by atoms with Crippen LogP contribution < -0.4 is 10.6 Å². The molecule has 6 heteroatoms. The van der Waals surface area contributed by atoms with E-state index >= 15 is 0 Å². The molecule has 0 unspecified atom stereocenters. The highest BCUT2D eigenvalue weighted by molar-refractivity contribution is 14.0. The van der Waals surface area contributed by atoms with Crippen LogP contribution in [0.15, 0.2) is 47.7 Å². The second kappa shape index (κ2) is 11.1. The number of guanidine groups is 1. The van der Waals surface area contributed by atoms with Crippen LogP contribution in [0.5, 0.6) is 0 Å². The van der Waals surface area contributed by atoms with E-state index in [4.69, 9.17) is 0 Å². The Hall–Kier alpha value is -1.57. The Bertz CT molecular complexity index is 607. The first-order chi connectivity index (χ1) is 11.2. The lowest BCUT2D eigenvalue weighted by molar-refractivity contribution is 0.690. The molecule has 0 fully saturated rings. The van der Waals surface area contributed by atoms with Gasteiger partial charge in [0.1, 0.15) is 5.82 Å². The minimum absolute atomic E-state index is 0. The lowest BCUT2D eigenvalue weighted by Crippen LogP contribution is -2.41. The summed E-state index contributed by atoms with van der Waals surface area (Å²) in [5.41, 5.74) is 1.28. The van der Waals surface area contributed by atoms with Gasteiger partial charge in [-0.25, -0.2) is 4.98 Å². The van der Waals surface area contributed by atoms with Gasteiger partial charge < -0.3 is 15.2 Å². The van der Waals surface area contributed by atoms with E-state index < -0.39 is 0 Å². The van der Waals surface area contributed by atoms with Crippen molar-refractivity contribution in [3.63, 3.8) is 0 Å². The minimum Gasteiger partial charge on any atom is -0.357 e. The molecular formula is C18H28IN5. The van der Waals surface area contributed by atoms with Crippen LogP contribution in [0.25, 0.3) is 0 Å². The molecule has 0 aliphatic carbocycles. The summed E-state index contributed by atoms with van der Waals surface area (Å²) in [5, 5.41) is 6.59. The van der Waals surface area contributed by atoms with Gasteiger partial charge in [0.25, 0.3) is 0 Å². The number of hydrogen-bond acceptors (Lipinski definition) is 2. The van der Waals surface area contributed by atoms with Gasteiger partial charge in [0.05, 0.1) is 0 Å². The van der Waals surface area contributed by atoms with Crippen LogP contribution in [-0.2, 0) is 13.0 Å². The fourth-order valence-corrected chi connectivity index (χ4v) is 2.35. The summed E-state index contributed by atoms with van der Waals surface area (Å²) in [7, 11) is 0. The molecular weight excluding hydrogens is 413 g/mol. The molecule has 0 saturated carbocycles. The lowest BCUT2D eigenvalue weighted by Gasteiger charge is -2.14. The zero-order valence-electron chi connectivity index (χ0n) is 14.7. The highest BCUT2D eigenvalue weighted by Crippen LogP contribution is 2.06. The van der Waals surface area contributed by atoms with Gasteiger partial charge in [0.2, 0.25) is 0 Å². The number of imidazole rings is 1.